The zero-order chi connectivity index (χ0) is 41.5. The number of Topliss-reactive ketones (excluding diaryl/α,β-unsaturated/α-hetero) is 2. The van der Waals surface area contributed by atoms with Crippen molar-refractivity contribution < 1.29 is 53.4 Å². The molecule has 3 aliphatic heterocycles. The largest absolute Gasteiger partial charge is 0.456 e. The fourth-order valence-corrected chi connectivity index (χ4v) is 9.45. The van der Waals surface area contributed by atoms with E-state index in [4.69, 9.17) is 18.9 Å². The van der Waals surface area contributed by atoms with Crippen LogP contribution in [0.2, 0.25) is 0 Å². The molecule has 3 fully saturated rings. The van der Waals surface area contributed by atoms with Crippen LogP contribution in [0.15, 0.2) is 36.0 Å². The topological polar surface area (TPSA) is 169 Å². The van der Waals surface area contributed by atoms with Crippen molar-refractivity contribution in [3.05, 3.63) is 36.0 Å². The van der Waals surface area contributed by atoms with Gasteiger partial charge in [0.1, 0.15) is 24.0 Å². The molecule has 3 heterocycles. The number of ketones is 2. The first-order valence-corrected chi connectivity index (χ1v) is 20.8. The summed E-state index contributed by atoms with van der Waals surface area (Å²) in [5, 5.41) is 34.1. The van der Waals surface area contributed by atoms with Crippen LogP contribution in [0.3, 0.4) is 0 Å². The van der Waals surface area contributed by atoms with Gasteiger partial charge in [-0.1, -0.05) is 51.5 Å². The minimum Gasteiger partial charge on any atom is -0.456 e. The molecule has 1 aliphatic carbocycles. The number of carbonyl (C=O) groups excluding carboxylic acids is 4. The fraction of sp³-hybridized carbons (Fsp3) is 0.773. The molecular weight excluding hydrogens is 718 g/mol. The number of amides is 1. The number of allylic oxidation sites excluding steroid dienone is 4. The van der Waals surface area contributed by atoms with Crippen LogP contribution in [0.1, 0.15) is 112 Å². The molecule has 0 aromatic heterocycles. The Hall–Kier alpha value is -2.74. The third-order valence-corrected chi connectivity index (χ3v) is 12.9. The lowest BCUT2D eigenvalue weighted by atomic mass is 9.78. The van der Waals surface area contributed by atoms with Gasteiger partial charge in [0.25, 0.3) is 11.7 Å². The first-order valence-electron chi connectivity index (χ1n) is 20.8. The summed E-state index contributed by atoms with van der Waals surface area (Å²) in [7, 11) is 3.06. The molecule has 2 saturated heterocycles. The fourth-order valence-electron chi connectivity index (χ4n) is 9.45. The lowest BCUT2D eigenvalue weighted by Crippen LogP contribution is -2.64. The number of ether oxygens (including phenoxy) is 4. The summed E-state index contributed by atoms with van der Waals surface area (Å²) in [4.78, 5) is 57.8. The summed E-state index contributed by atoms with van der Waals surface area (Å²) in [6.07, 6.45) is 6.14. The number of cyclic esters (lactones) is 1. The highest BCUT2D eigenvalue weighted by Crippen LogP contribution is 2.39. The minimum atomic E-state index is -2.50. The van der Waals surface area contributed by atoms with Crippen LogP contribution in [-0.4, -0.2) is 113 Å². The number of esters is 1. The van der Waals surface area contributed by atoms with E-state index in [1.807, 2.05) is 39.8 Å². The van der Waals surface area contributed by atoms with Crippen molar-refractivity contribution in [3.63, 3.8) is 0 Å². The van der Waals surface area contributed by atoms with E-state index in [0.29, 0.717) is 44.1 Å². The first kappa shape index (κ1) is 46.0. The third kappa shape index (κ3) is 10.8. The average Bonchev–Trinajstić information content (AvgIpc) is 3.16. The van der Waals surface area contributed by atoms with Crippen molar-refractivity contribution in [1.82, 2.24) is 4.90 Å². The summed E-state index contributed by atoms with van der Waals surface area (Å²) in [6, 6.07) is -1.12. The van der Waals surface area contributed by atoms with Gasteiger partial charge in [-0.3, -0.25) is 14.4 Å². The minimum absolute atomic E-state index is 0.0180. The van der Waals surface area contributed by atoms with Gasteiger partial charge < -0.3 is 39.2 Å². The summed E-state index contributed by atoms with van der Waals surface area (Å²) in [6.45, 7) is 15.2. The lowest BCUT2D eigenvalue weighted by molar-refractivity contribution is -0.302. The molecule has 1 amide bonds. The smallest absolute Gasteiger partial charge is 0.329 e. The van der Waals surface area contributed by atoms with Crippen LogP contribution in [0, 0.1) is 35.5 Å². The third-order valence-electron chi connectivity index (χ3n) is 12.9. The average molecular weight is 788 g/mol. The highest BCUT2D eigenvalue weighted by molar-refractivity contribution is 6.39. The highest BCUT2D eigenvalue weighted by atomic mass is 16.7. The number of aliphatic hydroxyl groups is 3. The molecule has 0 spiro atoms. The second kappa shape index (κ2) is 20.3. The number of fused-ring (bicyclic) bond motifs is 3. The summed E-state index contributed by atoms with van der Waals surface area (Å²) in [5.41, 5.74) is 1.67. The summed E-state index contributed by atoms with van der Waals surface area (Å²) < 4.78 is 24.2. The number of hydrogen-bond acceptors (Lipinski definition) is 11. The molecule has 14 atom stereocenters. The van der Waals surface area contributed by atoms with Gasteiger partial charge in [0.15, 0.2) is 0 Å². The Morgan fingerprint density at radius 2 is 1.64 bits per heavy atom. The Morgan fingerprint density at radius 3 is 2.29 bits per heavy atom. The van der Waals surface area contributed by atoms with Crippen LogP contribution in [0.5, 0.6) is 0 Å². The van der Waals surface area contributed by atoms with E-state index in [-0.39, 0.29) is 55.4 Å². The van der Waals surface area contributed by atoms with Gasteiger partial charge in [0.2, 0.25) is 5.79 Å². The maximum absolute atomic E-state index is 14.3. The number of rotatable bonds is 6. The van der Waals surface area contributed by atoms with Crippen molar-refractivity contribution in [2.45, 2.75) is 161 Å². The second-order valence-corrected chi connectivity index (χ2v) is 17.5. The van der Waals surface area contributed by atoms with Gasteiger partial charge in [-0.2, -0.15) is 0 Å². The number of piperidine rings is 1. The zero-order valence-corrected chi connectivity index (χ0v) is 35.0. The SMILES string of the molecule is C=CC[C@@H]1/C=C(/C)C[C@H](C)C[C@H](OC)[C@H]2O[C@@](O)(C(=O)C(=O)N3CCCC[C@H]3C(=O)O[C@H](/C(C)=C/[C@H]3CC[C@@H](O)[C@H](C)C3)C(C)[C@@H](O)CC1=O)[C@H](C)C[C@@H]2OC. The Morgan fingerprint density at radius 1 is 0.964 bits per heavy atom. The maximum Gasteiger partial charge on any atom is 0.329 e. The van der Waals surface area contributed by atoms with Gasteiger partial charge in [0, 0.05) is 44.9 Å². The van der Waals surface area contributed by atoms with E-state index in [0.717, 1.165) is 18.4 Å². The molecule has 12 nitrogen and oxygen atoms in total. The van der Waals surface area contributed by atoms with Crippen molar-refractivity contribution in [3.8, 4) is 0 Å². The quantitative estimate of drug-likeness (QED) is 0.183. The molecule has 2 bridgehead atoms. The molecular formula is C44H69NO11. The van der Waals surface area contributed by atoms with Crippen LogP contribution in [0.25, 0.3) is 0 Å². The highest BCUT2D eigenvalue weighted by Gasteiger charge is 2.56. The maximum atomic E-state index is 14.3. The van der Waals surface area contributed by atoms with Gasteiger partial charge in [-0.25, -0.2) is 4.79 Å². The summed E-state index contributed by atoms with van der Waals surface area (Å²) in [5.74, 6) is -7.42. The standard InChI is InChI=1S/C44H69NO11/c1-10-13-32-19-25(2)18-26(3)20-37(53-8)40-38(54-9)23-29(6)44(52,56-40)41(49)42(50)45-17-12-11-14-33(45)43(51)55-39(30(7)35(47)24-36(32)48)28(5)22-31-15-16-34(46)27(4)21-31/h10,19,22,26-27,29-35,37-40,46-47,52H,1,11-18,20-21,23-24H2,2-9H3/b25-19-,28-22+/t26-,27+,29+,30?,31-,32+,33-,34+,35-,37-,38-,39+,40+,44+/m0/s1. The van der Waals surface area contributed by atoms with E-state index >= 15 is 0 Å². The Bertz CT molecular complexity index is 1460. The number of methoxy groups -OCH3 is 2. The zero-order valence-electron chi connectivity index (χ0n) is 35.0. The number of carbonyl (C=O) groups is 4. The first-order chi connectivity index (χ1) is 26.4. The van der Waals surface area contributed by atoms with E-state index in [1.165, 1.54) is 19.1 Å². The number of nitrogens with zero attached hydrogens (tertiary/aromatic N) is 1. The molecule has 4 rings (SSSR count). The molecule has 56 heavy (non-hydrogen) atoms. The molecule has 0 aromatic carbocycles. The van der Waals surface area contributed by atoms with Crippen molar-refractivity contribution in [2.75, 3.05) is 20.8 Å². The molecule has 1 unspecified atom stereocenters. The van der Waals surface area contributed by atoms with Crippen LogP contribution in [0.4, 0.5) is 0 Å². The van der Waals surface area contributed by atoms with Crippen molar-refractivity contribution in [1.29, 1.82) is 0 Å². The second-order valence-electron chi connectivity index (χ2n) is 17.5. The molecule has 0 aromatic rings. The molecule has 1 saturated carbocycles. The summed E-state index contributed by atoms with van der Waals surface area (Å²) >= 11 is 0. The normalized spacial score (nSPS) is 41.5. The molecule has 0 radical (unpaired) electrons. The van der Waals surface area contributed by atoms with Crippen LogP contribution < -0.4 is 0 Å². The molecule has 12 heteroatoms. The van der Waals surface area contributed by atoms with Gasteiger partial charge in [-0.15, -0.1) is 6.58 Å². The van der Waals surface area contributed by atoms with Gasteiger partial charge >= 0.3 is 5.97 Å². The van der Waals surface area contributed by atoms with Crippen LogP contribution >= 0.6 is 0 Å². The number of hydrogen-bond donors (Lipinski definition) is 3. The molecule has 316 valence electrons. The number of aliphatic hydroxyl groups excluding tert-OH is 2. The predicted molar refractivity (Wildman–Crippen MR) is 211 cm³/mol. The van der Waals surface area contributed by atoms with Crippen LogP contribution in [-0.2, 0) is 38.1 Å². The predicted octanol–water partition coefficient (Wildman–Crippen LogP) is 5.26. The van der Waals surface area contributed by atoms with Gasteiger partial charge in [-0.05, 0) is 101 Å². The monoisotopic (exact) mass is 787 g/mol. The van der Waals surface area contributed by atoms with Crippen molar-refractivity contribution >= 4 is 23.4 Å². The Kier molecular flexibility index (Phi) is 16.7. The van der Waals surface area contributed by atoms with E-state index in [1.54, 1.807) is 19.9 Å². The van der Waals surface area contributed by atoms with Crippen molar-refractivity contribution in [2.24, 2.45) is 35.5 Å². The van der Waals surface area contributed by atoms with E-state index in [9.17, 15) is 34.5 Å². The molecule has 4 aliphatic rings. The Labute approximate surface area is 334 Å². The van der Waals surface area contributed by atoms with E-state index in [2.05, 4.69) is 6.58 Å². The molecule has 3 N–H and O–H groups in total. The van der Waals surface area contributed by atoms with E-state index < -0.39 is 77.8 Å². The van der Waals surface area contributed by atoms with Gasteiger partial charge in [0.05, 0.1) is 24.4 Å². The lowest BCUT2D eigenvalue weighted by Gasteiger charge is -2.47. The Balaban J connectivity index is 1.78.